The largest absolute Gasteiger partial charge is 0.350 e. The lowest BCUT2D eigenvalue weighted by molar-refractivity contribution is -0.127. The van der Waals surface area contributed by atoms with Gasteiger partial charge in [0.05, 0.1) is 29.8 Å². The number of hydrogen-bond donors (Lipinski definition) is 1. The van der Waals surface area contributed by atoms with Crippen LogP contribution < -0.4 is 5.32 Å². The number of carbonyl (C=O) groups excluding carboxylic acids is 2. The number of aromatic nitrogens is 4. The molecule has 1 aromatic carbocycles. The summed E-state index contributed by atoms with van der Waals surface area (Å²) in [7, 11) is 1.75. The molecule has 2 aromatic heterocycles. The standard InChI is InChI=1S/C21H21FN6O2/c1-13-8-24-18(11-23-13)21(30)25-9-14-7-19(29)27(2)20(14)15-10-26-28(12-15)17-5-3-16(22)4-6-17/h3-6,8,10-12,14,20H,7,9H2,1-2H3,(H,25,30)/t14-,20+/m0/s1. The molecule has 0 spiro atoms. The SMILES string of the molecule is Cc1cnc(C(=O)NC[C@@H]2CC(=O)N(C)[C@H]2c2cnn(-c3ccc(F)cc3)c2)cn1. The lowest BCUT2D eigenvalue weighted by Gasteiger charge is -2.24. The first-order valence-electron chi connectivity index (χ1n) is 9.55. The number of halogens is 1. The van der Waals surface area contributed by atoms with Crippen molar-refractivity contribution in [3.63, 3.8) is 0 Å². The third-order valence-corrected chi connectivity index (χ3v) is 5.27. The summed E-state index contributed by atoms with van der Waals surface area (Å²) in [4.78, 5) is 34.6. The summed E-state index contributed by atoms with van der Waals surface area (Å²) in [6.45, 7) is 2.11. The molecular weight excluding hydrogens is 387 g/mol. The van der Waals surface area contributed by atoms with Gasteiger partial charge in [-0.15, -0.1) is 0 Å². The molecule has 8 nitrogen and oxygen atoms in total. The average molecular weight is 408 g/mol. The fourth-order valence-corrected chi connectivity index (χ4v) is 3.68. The maximum Gasteiger partial charge on any atom is 0.271 e. The summed E-state index contributed by atoms with van der Waals surface area (Å²) in [6.07, 6.45) is 6.81. The van der Waals surface area contributed by atoms with Crippen LogP contribution in [0.25, 0.3) is 5.69 Å². The normalized spacial score (nSPS) is 18.6. The summed E-state index contributed by atoms with van der Waals surface area (Å²) >= 11 is 0. The minimum atomic E-state index is -0.328. The van der Waals surface area contributed by atoms with E-state index < -0.39 is 0 Å². The van der Waals surface area contributed by atoms with Gasteiger partial charge in [-0.25, -0.2) is 14.1 Å². The van der Waals surface area contributed by atoms with Crippen molar-refractivity contribution in [1.29, 1.82) is 0 Å². The minimum Gasteiger partial charge on any atom is -0.350 e. The molecular formula is C21H21FN6O2. The molecule has 0 unspecified atom stereocenters. The zero-order valence-corrected chi connectivity index (χ0v) is 16.6. The van der Waals surface area contributed by atoms with Gasteiger partial charge in [0.1, 0.15) is 11.5 Å². The van der Waals surface area contributed by atoms with Crippen LogP contribution >= 0.6 is 0 Å². The highest BCUT2D eigenvalue weighted by Gasteiger charge is 2.39. The van der Waals surface area contributed by atoms with E-state index in [1.54, 1.807) is 41.9 Å². The predicted molar refractivity (Wildman–Crippen MR) is 106 cm³/mol. The van der Waals surface area contributed by atoms with Crippen molar-refractivity contribution < 1.29 is 14.0 Å². The molecule has 1 fully saturated rings. The van der Waals surface area contributed by atoms with Crippen LogP contribution in [0.1, 0.15) is 34.2 Å². The number of likely N-dealkylation sites (tertiary alicyclic amines) is 1. The van der Waals surface area contributed by atoms with Crippen LogP contribution in [-0.2, 0) is 4.79 Å². The van der Waals surface area contributed by atoms with E-state index in [9.17, 15) is 14.0 Å². The van der Waals surface area contributed by atoms with Gasteiger partial charge in [0.2, 0.25) is 5.91 Å². The molecule has 30 heavy (non-hydrogen) atoms. The van der Waals surface area contributed by atoms with Gasteiger partial charge >= 0.3 is 0 Å². The van der Waals surface area contributed by atoms with Gasteiger partial charge in [0, 0.05) is 43.9 Å². The van der Waals surface area contributed by atoms with Gasteiger partial charge in [-0.2, -0.15) is 5.10 Å². The van der Waals surface area contributed by atoms with E-state index in [0.717, 1.165) is 16.9 Å². The van der Waals surface area contributed by atoms with Crippen LogP contribution in [-0.4, -0.2) is 50.1 Å². The topological polar surface area (TPSA) is 93.0 Å². The number of amides is 2. The van der Waals surface area contributed by atoms with Gasteiger partial charge in [0.25, 0.3) is 5.91 Å². The first-order chi connectivity index (χ1) is 14.4. The molecule has 0 aliphatic carbocycles. The molecule has 1 aliphatic rings. The number of nitrogens with one attached hydrogen (secondary N) is 1. The average Bonchev–Trinajstić information content (AvgIpc) is 3.32. The summed E-state index contributed by atoms with van der Waals surface area (Å²) < 4.78 is 14.8. The zero-order chi connectivity index (χ0) is 21.3. The van der Waals surface area contributed by atoms with Crippen LogP contribution in [0.3, 0.4) is 0 Å². The molecule has 1 aliphatic heterocycles. The lowest BCUT2D eigenvalue weighted by atomic mass is 9.95. The third kappa shape index (κ3) is 3.91. The Kier molecular flexibility index (Phi) is 5.26. The number of rotatable bonds is 5. The second-order valence-electron chi connectivity index (χ2n) is 7.36. The van der Waals surface area contributed by atoms with E-state index >= 15 is 0 Å². The predicted octanol–water partition coefficient (Wildman–Crippen LogP) is 2.06. The Morgan fingerprint density at radius 2 is 1.97 bits per heavy atom. The lowest BCUT2D eigenvalue weighted by Crippen LogP contribution is -2.33. The van der Waals surface area contributed by atoms with Crippen LogP contribution in [0.4, 0.5) is 4.39 Å². The monoisotopic (exact) mass is 408 g/mol. The molecule has 3 heterocycles. The van der Waals surface area contributed by atoms with E-state index in [2.05, 4.69) is 20.4 Å². The maximum absolute atomic E-state index is 13.2. The molecule has 2 amide bonds. The van der Waals surface area contributed by atoms with Gasteiger partial charge < -0.3 is 10.2 Å². The first-order valence-corrected chi connectivity index (χ1v) is 9.55. The molecule has 0 bridgehead atoms. The second kappa shape index (κ2) is 8.02. The Hall–Kier alpha value is -3.62. The number of aryl methyl sites for hydroxylation is 1. The van der Waals surface area contributed by atoms with Crippen molar-refractivity contribution in [3.05, 3.63) is 71.8 Å². The van der Waals surface area contributed by atoms with E-state index in [1.807, 2.05) is 6.20 Å². The smallest absolute Gasteiger partial charge is 0.271 e. The third-order valence-electron chi connectivity index (χ3n) is 5.27. The Morgan fingerprint density at radius 1 is 1.20 bits per heavy atom. The molecule has 1 N–H and O–H groups in total. The second-order valence-corrected chi connectivity index (χ2v) is 7.36. The summed E-state index contributed by atoms with van der Waals surface area (Å²) in [6, 6.07) is 5.78. The Morgan fingerprint density at radius 3 is 2.67 bits per heavy atom. The fraction of sp³-hybridized carbons (Fsp3) is 0.286. The van der Waals surface area contributed by atoms with E-state index in [4.69, 9.17) is 0 Å². The molecule has 3 aromatic rings. The van der Waals surface area contributed by atoms with Gasteiger partial charge in [0.15, 0.2) is 0 Å². The van der Waals surface area contributed by atoms with Crippen molar-refractivity contribution in [2.45, 2.75) is 19.4 Å². The maximum atomic E-state index is 13.2. The molecule has 9 heteroatoms. The number of carbonyl (C=O) groups is 2. The molecule has 0 saturated carbocycles. The molecule has 1 saturated heterocycles. The summed E-state index contributed by atoms with van der Waals surface area (Å²) in [5.74, 6) is -0.758. The minimum absolute atomic E-state index is 0.00362. The van der Waals surface area contributed by atoms with Crippen LogP contribution in [0, 0.1) is 18.7 Å². The quantitative estimate of drug-likeness (QED) is 0.698. The highest BCUT2D eigenvalue weighted by molar-refractivity contribution is 5.92. The Balaban J connectivity index is 1.50. The molecule has 0 radical (unpaired) electrons. The molecule has 2 atom stereocenters. The fourth-order valence-electron chi connectivity index (χ4n) is 3.68. The molecule has 4 rings (SSSR count). The van der Waals surface area contributed by atoms with Crippen LogP contribution in [0.15, 0.2) is 49.1 Å². The van der Waals surface area contributed by atoms with Gasteiger partial charge in [-0.05, 0) is 31.2 Å². The van der Waals surface area contributed by atoms with E-state index in [1.165, 1.54) is 24.5 Å². The van der Waals surface area contributed by atoms with Crippen LogP contribution in [0.5, 0.6) is 0 Å². The Labute approximate surface area is 172 Å². The molecule has 154 valence electrons. The van der Waals surface area contributed by atoms with E-state index in [-0.39, 0.29) is 35.3 Å². The van der Waals surface area contributed by atoms with E-state index in [0.29, 0.717) is 13.0 Å². The zero-order valence-electron chi connectivity index (χ0n) is 16.6. The van der Waals surface area contributed by atoms with Crippen molar-refractivity contribution in [2.24, 2.45) is 5.92 Å². The summed E-state index contributed by atoms with van der Waals surface area (Å²) in [5.41, 5.74) is 2.53. The van der Waals surface area contributed by atoms with Crippen molar-refractivity contribution in [3.8, 4) is 5.69 Å². The van der Waals surface area contributed by atoms with Crippen molar-refractivity contribution in [2.75, 3.05) is 13.6 Å². The Bertz CT molecular complexity index is 1060. The highest BCUT2D eigenvalue weighted by Crippen LogP contribution is 2.36. The highest BCUT2D eigenvalue weighted by atomic mass is 19.1. The number of hydrogen-bond acceptors (Lipinski definition) is 5. The number of nitrogens with zero attached hydrogens (tertiary/aromatic N) is 5. The van der Waals surface area contributed by atoms with Crippen molar-refractivity contribution >= 4 is 11.8 Å². The summed E-state index contributed by atoms with van der Waals surface area (Å²) in [5, 5.41) is 7.21. The van der Waals surface area contributed by atoms with Crippen molar-refractivity contribution in [1.82, 2.24) is 30.0 Å². The first kappa shape index (κ1) is 19.7. The van der Waals surface area contributed by atoms with Crippen LogP contribution in [0.2, 0.25) is 0 Å². The van der Waals surface area contributed by atoms with Gasteiger partial charge in [-0.1, -0.05) is 0 Å². The van der Waals surface area contributed by atoms with Gasteiger partial charge in [-0.3, -0.25) is 14.6 Å². The number of benzene rings is 1.